The fourth-order valence-electron chi connectivity index (χ4n) is 3.64. The molecule has 28 heavy (non-hydrogen) atoms. The molecule has 0 aliphatic carbocycles. The van der Waals surface area contributed by atoms with Crippen LogP contribution < -0.4 is 5.73 Å². The highest BCUT2D eigenvalue weighted by Crippen LogP contribution is 2.23. The number of hydrogen-bond donors (Lipinski definition) is 1. The third-order valence-electron chi connectivity index (χ3n) is 5.04. The second-order valence-electron chi connectivity index (χ2n) is 7.45. The molecule has 0 spiro atoms. The molecule has 0 aromatic heterocycles. The van der Waals surface area contributed by atoms with Gasteiger partial charge in [-0.15, -0.1) is 0 Å². The van der Waals surface area contributed by atoms with Gasteiger partial charge in [-0.3, -0.25) is 4.90 Å². The van der Waals surface area contributed by atoms with Crippen LogP contribution in [0.25, 0.3) is 11.1 Å². The minimum atomic E-state index is -0.304. The third kappa shape index (κ3) is 5.00. The Kier molecular flexibility index (Phi) is 6.49. The molecule has 2 N–H and O–H groups in total. The molecule has 0 saturated carbocycles. The average molecular weight is 380 g/mol. The van der Waals surface area contributed by atoms with Crippen molar-refractivity contribution in [2.45, 2.75) is 33.0 Å². The molecule has 3 rings (SSSR count). The molecule has 0 bridgehead atoms. The van der Waals surface area contributed by atoms with E-state index in [4.69, 9.17) is 10.5 Å². The van der Waals surface area contributed by atoms with Crippen LogP contribution in [-0.2, 0) is 17.8 Å². The highest BCUT2D eigenvalue weighted by Gasteiger charge is 2.28. The molecule has 5 nitrogen and oxygen atoms in total. The third-order valence-corrected chi connectivity index (χ3v) is 5.04. The number of rotatable bonds is 5. The monoisotopic (exact) mass is 379 g/mol. The highest BCUT2D eigenvalue weighted by atomic mass is 16.6. The van der Waals surface area contributed by atoms with E-state index in [1.165, 1.54) is 16.7 Å². The quantitative estimate of drug-likeness (QED) is 0.798. The smallest absolute Gasteiger partial charge is 0.415 e. The van der Waals surface area contributed by atoms with Crippen LogP contribution in [0.1, 0.15) is 25.0 Å². The Labute approximate surface area is 167 Å². The molecule has 1 heterocycles. The molecule has 0 unspecified atom stereocenters. The molecule has 0 radical (unpaired) electrons. The Bertz CT molecular complexity index is 849. The van der Waals surface area contributed by atoms with Crippen LogP contribution in [0.5, 0.6) is 0 Å². The molecular weight excluding hydrogens is 350 g/mol. The van der Waals surface area contributed by atoms with E-state index in [0.29, 0.717) is 18.8 Å². The van der Waals surface area contributed by atoms with Gasteiger partial charge < -0.3 is 15.4 Å². The number of allylic oxidation sites excluding steroid dienone is 1. The fraction of sp³-hybridized carbons (Fsp3) is 0.348. The molecule has 148 valence electrons. The topological polar surface area (TPSA) is 58.8 Å². The first-order valence-corrected chi connectivity index (χ1v) is 9.71. The van der Waals surface area contributed by atoms with Crippen LogP contribution in [0, 0.1) is 0 Å². The first kappa shape index (κ1) is 20.1. The van der Waals surface area contributed by atoms with E-state index in [9.17, 15) is 4.79 Å². The van der Waals surface area contributed by atoms with Gasteiger partial charge in [-0.25, -0.2) is 4.79 Å². The number of benzene rings is 2. The minimum Gasteiger partial charge on any atom is -0.416 e. The van der Waals surface area contributed by atoms with E-state index in [-0.39, 0.29) is 12.1 Å². The van der Waals surface area contributed by atoms with Crippen molar-refractivity contribution in [2.75, 3.05) is 19.6 Å². The van der Waals surface area contributed by atoms with Crippen molar-refractivity contribution in [1.82, 2.24) is 9.80 Å². The summed E-state index contributed by atoms with van der Waals surface area (Å²) in [5, 5.41) is 0. The summed E-state index contributed by atoms with van der Waals surface area (Å²) in [6.45, 7) is 11.1. The van der Waals surface area contributed by atoms with Gasteiger partial charge in [0.05, 0.1) is 5.76 Å². The van der Waals surface area contributed by atoms with Gasteiger partial charge in [0, 0.05) is 38.8 Å². The van der Waals surface area contributed by atoms with Crippen LogP contribution >= 0.6 is 0 Å². The summed E-state index contributed by atoms with van der Waals surface area (Å²) < 4.78 is 5.16. The number of carbonyl (C=O) groups excluding carboxylic acids is 1. The SMILES string of the molecule is C=C(C)OC(=O)N1CCN(Cc2cccc(-c3cccc(CN)c3)c2)C[C@@H]1C. The maximum Gasteiger partial charge on any atom is 0.415 e. The molecule has 1 amide bonds. The number of carbonyl (C=O) groups is 1. The standard InChI is InChI=1S/C23H29N3O2/c1-17(2)28-23(27)26-11-10-25(15-18(26)3)16-20-7-5-9-22(13-20)21-8-4-6-19(12-21)14-24/h4-9,12-13,18H,1,10-11,14-16,24H2,2-3H3/t18-/m0/s1. The van der Waals surface area contributed by atoms with E-state index in [1.807, 2.05) is 6.07 Å². The second-order valence-corrected chi connectivity index (χ2v) is 7.45. The van der Waals surface area contributed by atoms with Gasteiger partial charge in [0.15, 0.2) is 0 Å². The number of hydrogen-bond acceptors (Lipinski definition) is 4. The average Bonchev–Trinajstić information content (AvgIpc) is 2.67. The summed E-state index contributed by atoms with van der Waals surface area (Å²) in [5.74, 6) is 0.426. The summed E-state index contributed by atoms with van der Waals surface area (Å²) in [6.07, 6.45) is -0.304. The van der Waals surface area contributed by atoms with Crippen molar-refractivity contribution in [2.24, 2.45) is 5.73 Å². The molecule has 5 heteroatoms. The Morgan fingerprint density at radius 1 is 1.14 bits per heavy atom. The van der Waals surface area contributed by atoms with Crippen molar-refractivity contribution in [1.29, 1.82) is 0 Å². The van der Waals surface area contributed by atoms with Gasteiger partial charge in [0.2, 0.25) is 0 Å². The minimum absolute atomic E-state index is 0.102. The summed E-state index contributed by atoms with van der Waals surface area (Å²) >= 11 is 0. The Balaban J connectivity index is 1.65. The summed E-state index contributed by atoms with van der Waals surface area (Å²) in [7, 11) is 0. The van der Waals surface area contributed by atoms with E-state index in [0.717, 1.165) is 25.2 Å². The maximum absolute atomic E-state index is 12.2. The van der Waals surface area contributed by atoms with Crippen LogP contribution in [0.2, 0.25) is 0 Å². The second kappa shape index (κ2) is 9.04. The zero-order chi connectivity index (χ0) is 20.1. The summed E-state index contributed by atoms with van der Waals surface area (Å²) in [6, 6.07) is 17.1. The Morgan fingerprint density at radius 3 is 2.39 bits per heavy atom. The molecule has 2 aromatic rings. The zero-order valence-corrected chi connectivity index (χ0v) is 16.7. The van der Waals surface area contributed by atoms with Crippen LogP contribution in [-0.4, -0.2) is 41.6 Å². The molecule has 1 saturated heterocycles. The van der Waals surface area contributed by atoms with Gasteiger partial charge in [-0.2, -0.15) is 0 Å². The predicted octanol–water partition coefficient (Wildman–Crippen LogP) is 3.99. The normalized spacial score (nSPS) is 17.4. The number of piperazine rings is 1. The van der Waals surface area contributed by atoms with Crippen molar-refractivity contribution < 1.29 is 9.53 Å². The van der Waals surface area contributed by atoms with Crippen molar-refractivity contribution >= 4 is 6.09 Å². The van der Waals surface area contributed by atoms with Crippen LogP contribution in [0.4, 0.5) is 4.79 Å². The number of nitrogens with zero attached hydrogens (tertiary/aromatic N) is 2. The van der Waals surface area contributed by atoms with Crippen LogP contribution in [0.3, 0.4) is 0 Å². The fourth-order valence-corrected chi connectivity index (χ4v) is 3.64. The lowest BCUT2D eigenvalue weighted by Gasteiger charge is -2.39. The first-order chi connectivity index (χ1) is 13.5. The highest BCUT2D eigenvalue weighted by molar-refractivity contribution is 5.69. The van der Waals surface area contributed by atoms with E-state index < -0.39 is 0 Å². The molecule has 1 atom stereocenters. The van der Waals surface area contributed by atoms with Crippen molar-refractivity contribution in [3.8, 4) is 11.1 Å². The molecule has 1 fully saturated rings. The maximum atomic E-state index is 12.2. The Hall–Kier alpha value is -2.63. The molecule has 2 aromatic carbocycles. The van der Waals surface area contributed by atoms with Crippen molar-refractivity contribution in [3.63, 3.8) is 0 Å². The van der Waals surface area contributed by atoms with E-state index >= 15 is 0 Å². The van der Waals surface area contributed by atoms with Gasteiger partial charge in [-0.1, -0.05) is 43.0 Å². The van der Waals surface area contributed by atoms with Gasteiger partial charge >= 0.3 is 6.09 Å². The molecular formula is C23H29N3O2. The lowest BCUT2D eigenvalue weighted by molar-refractivity contribution is 0.0634. The van der Waals surface area contributed by atoms with E-state index in [1.54, 1.807) is 11.8 Å². The van der Waals surface area contributed by atoms with Gasteiger partial charge in [-0.05, 0) is 48.2 Å². The lowest BCUT2D eigenvalue weighted by atomic mass is 10.0. The van der Waals surface area contributed by atoms with E-state index in [2.05, 4.69) is 60.9 Å². The summed E-state index contributed by atoms with van der Waals surface area (Å²) in [4.78, 5) is 16.3. The van der Waals surface area contributed by atoms with Gasteiger partial charge in [0.1, 0.15) is 0 Å². The predicted molar refractivity (Wildman–Crippen MR) is 113 cm³/mol. The number of nitrogens with two attached hydrogens (primary N) is 1. The van der Waals surface area contributed by atoms with Gasteiger partial charge in [0.25, 0.3) is 0 Å². The molecule has 1 aliphatic heterocycles. The van der Waals surface area contributed by atoms with Crippen molar-refractivity contribution in [3.05, 3.63) is 72.0 Å². The number of ether oxygens (including phenoxy) is 1. The largest absolute Gasteiger partial charge is 0.416 e. The first-order valence-electron chi connectivity index (χ1n) is 9.71. The Morgan fingerprint density at radius 2 is 1.79 bits per heavy atom. The number of amides is 1. The molecule has 1 aliphatic rings. The summed E-state index contributed by atoms with van der Waals surface area (Å²) in [5.41, 5.74) is 10.6. The zero-order valence-electron chi connectivity index (χ0n) is 16.7. The van der Waals surface area contributed by atoms with Crippen LogP contribution in [0.15, 0.2) is 60.9 Å². The lowest BCUT2D eigenvalue weighted by Crippen LogP contribution is -2.53.